The molecular weight excluding hydrogens is 264 g/mol. The second kappa shape index (κ2) is 7.64. The highest BCUT2D eigenvalue weighted by Crippen LogP contribution is 2.09. The largest absolute Gasteiger partial charge is 0.465 e. The molecule has 1 heterocycles. The number of hydrogen-bond donors (Lipinski definition) is 1. The number of rotatable bonds is 7. The van der Waals surface area contributed by atoms with Gasteiger partial charge in [-0.05, 0) is 42.3 Å². The first-order valence-electron chi connectivity index (χ1n) is 7.25. The first kappa shape index (κ1) is 15.3. The summed E-state index contributed by atoms with van der Waals surface area (Å²) in [6, 6.07) is 9.65. The number of nitrogens with zero attached hydrogens (tertiary/aromatic N) is 1. The predicted molar refractivity (Wildman–Crippen MR) is 83.3 cm³/mol. The Morgan fingerprint density at radius 3 is 2.62 bits per heavy atom. The third-order valence-corrected chi connectivity index (χ3v) is 3.31. The summed E-state index contributed by atoms with van der Waals surface area (Å²) >= 11 is 0. The maximum atomic E-state index is 11.4. The lowest BCUT2D eigenvalue weighted by atomic mass is 10.1. The van der Waals surface area contributed by atoms with Crippen LogP contribution >= 0.6 is 0 Å². The molecule has 4 nitrogen and oxygen atoms in total. The normalized spacial score (nSPS) is 10.6. The van der Waals surface area contributed by atoms with E-state index in [2.05, 4.69) is 35.3 Å². The highest BCUT2D eigenvalue weighted by Gasteiger charge is 2.04. The third kappa shape index (κ3) is 4.46. The van der Waals surface area contributed by atoms with E-state index in [4.69, 9.17) is 4.74 Å². The molecule has 0 unspecified atom stereocenters. The van der Waals surface area contributed by atoms with E-state index in [1.807, 2.05) is 12.1 Å². The molecule has 0 aliphatic rings. The van der Waals surface area contributed by atoms with Gasteiger partial charge in [-0.25, -0.2) is 4.79 Å². The summed E-state index contributed by atoms with van der Waals surface area (Å²) in [5.41, 5.74) is 3.03. The maximum absolute atomic E-state index is 11.4. The molecule has 2 rings (SSSR count). The number of nitrogens with one attached hydrogen (secondary N) is 1. The summed E-state index contributed by atoms with van der Waals surface area (Å²) < 4.78 is 6.84. The van der Waals surface area contributed by atoms with Gasteiger partial charge in [0.1, 0.15) is 0 Å². The van der Waals surface area contributed by atoms with Crippen molar-refractivity contribution < 1.29 is 9.53 Å². The Labute approximate surface area is 125 Å². The van der Waals surface area contributed by atoms with Crippen LogP contribution in [0.1, 0.15) is 34.8 Å². The van der Waals surface area contributed by atoms with Gasteiger partial charge in [-0.15, -0.1) is 0 Å². The Morgan fingerprint density at radius 2 is 1.95 bits per heavy atom. The summed E-state index contributed by atoms with van der Waals surface area (Å²) in [6.07, 6.45) is 5.38. The number of methoxy groups -OCH3 is 1. The lowest BCUT2D eigenvalue weighted by Gasteiger charge is -2.05. The van der Waals surface area contributed by atoms with Crippen molar-refractivity contribution in [1.29, 1.82) is 0 Å². The van der Waals surface area contributed by atoms with Crippen LogP contribution < -0.4 is 5.32 Å². The number of hydrogen-bond acceptors (Lipinski definition) is 3. The van der Waals surface area contributed by atoms with Crippen molar-refractivity contribution in [3.8, 4) is 0 Å². The smallest absolute Gasteiger partial charge is 0.337 e. The SMILES string of the molecule is CCCNCc1ccn(Cc2ccc(C(=O)OC)cc2)c1. The summed E-state index contributed by atoms with van der Waals surface area (Å²) in [5, 5.41) is 3.39. The van der Waals surface area contributed by atoms with Gasteiger partial charge < -0.3 is 14.6 Å². The first-order valence-corrected chi connectivity index (χ1v) is 7.25. The van der Waals surface area contributed by atoms with Gasteiger partial charge in [-0.2, -0.15) is 0 Å². The minimum atomic E-state index is -0.299. The summed E-state index contributed by atoms with van der Waals surface area (Å²) in [5.74, 6) is -0.299. The molecule has 0 saturated heterocycles. The Kier molecular flexibility index (Phi) is 5.58. The zero-order valence-corrected chi connectivity index (χ0v) is 12.6. The zero-order valence-electron chi connectivity index (χ0n) is 12.6. The van der Waals surface area contributed by atoms with Gasteiger partial charge in [0.15, 0.2) is 0 Å². The molecule has 112 valence electrons. The molecule has 0 spiro atoms. The maximum Gasteiger partial charge on any atom is 0.337 e. The van der Waals surface area contributed by atoms with Gasteiger partial charge in [-0.3, -0.25) is 0 Å². The molecule has 0 aliphatic carbocycles. The van der Waals surface area contributed by atoms with Crippen LogP contribution in [0.15, 0.2) is 42.7 Å². The molecule has 1 aromatic heterocycles. The van der Waals surface area contributed by atoms with E-state index in [-0.39, 0.29) is 5.97 Å². The van der Waals surface area contributed by atoms with Crippen molar-refractivity contribution in [1.82, 2.24) is 9.88 Å². The van der Waals surface area contributed by atoms with Crippen molar-refractivity contribution in [2.24, 2.45) is 0 Å². The minimum Gasteiger partial charge on any atom is -0.465 e. The van der Waals surface area contributed by atoms with Crippen molar-refractivity contribution in [3.63, 3.8) is 0 Å². The van der Waals surface area contributed by atoms with Crippen molar-refractivity contribution in [2.45, 2.75) is 26.4 Å². The Morgan fingerprint density at radius 1 is 1.19 bits per heavy atom. The highest BCUT2D eigenvalue weighted by molar-refractivity contribution is 5.89. The Bertz CT molecular complexity index is 573. The van der Waals surface area contributed by atoms with E-state index in [0.29, 0.717) is 5.56 Å². The fraction of sp³-hybridized carbons (Fsp3) is 0.353. The summed E-state index contributed by atoms with van der Waals surface area (Å²) in [6.45, 7) is 4.91. The van der Waals surface area contributed by atoms with Gasteiger partial charge in [0.05, 0.1) is 12.7 Å². The van der Waals surface area contributed by atoms with E-state index in [1.54, 1.807) is 12.1 Å². The van der Waals surface area contributed by atoms with Crippen LogP contribution in [-0.4, -0.2) is 24.2 Å². The molecule has 0 saturated carbocycles. The number of carbonyl (C=O) groups is 1. The molecule has 0 amide bonds. The Balaban J connectivity index is 1.93. The van der Waals surface area contributed by atoms with Gasteiger partial charge in [0, 0.05) is 25.5 Å². The molecule has 2 aromatic rings. The van der Waals surface area contributed by atoms with Gasteiger partial charge in [0.25, 0.3) is 0 Å². The molecule has 1 N–H and O–H groups in total. The van der Waals surface area contributed by atoms with E-state index < -0.39 is 0 Å². The Hall–Kier alpha value is -2.07. The third-order valence-electron chi connectivity index (χ3n) is 3.31. The van der Waals surface area contributed by atoms with Crippen LogP contribution in [0.2, 0.25) is 0 Å². The zero-order chi connectivity index (χ0) is 15.1. The van der Waals surface area contributed by atoms with Crippen LogP contribution in [-0.2, 0) is 17.8 Å². The number of carbonyl (C=O) groups excluding carboxylic acids is 1. The van der Waals surface area contributed by atoms with E-state index in [9.17, 15) is 4.79 Å². The van der Waals surface area contributed by atoms with Gasteiger partial charge >= 0.3 is 5.97 Å². The van der Waals surface area contributed by atoms with E-state index in [0.717, 1.165) is 31.6 Å². The molecule has 0 fully saturated rings. The molecule has 0 atom stereocenters. The highest BCUT2D eigenvalue weighted by atomic mass is 16.5. The van der Waals surface area contributed by atoms with Crippen molar-refractivity contribution in [2.75, 3.05) is 13.7 Å². The molecule has 1 aromatic carbocycles. The molecule has 4 heteroatoms. The lowest BCUT2D eigenvalue weighted by molar-refractivity contribution is 0.0600. The second-order valence-corrected chi connectivity index (χ2v) is 5.06. The monoisotopic (exact) mass is 286 g/mol. The van der Waals surface area contributed by atoms with Crippen LogP contribution in [0.3, 0.4) is 0 Å². The number of benzene rings is 1. The standard InChI is InChI=1S/C17H22N2O2/c1-3-9-18-11-15-8-10-19(13-15)12-14-4-6-16(7-5-14)17(20)21-2/h4-8,10,13,18H,3,9,11-12H2,1-2H3. The molecule has 0 radical (unpaired) electrons. The van der Waals surface area contributed by atoms with Gasteiger partial charge in [-0.1, -0.05) is 19.1 Å². The molecule has 0 aliphatic heterocycles. The molecule has 21 heavy (non-hydrogen) atoms. The predicted octanol–water partition coefficient (Wildman–Crippen LogP) is 2.82. The molecule has 0 bridgehead atoms. The van der Waals surface area contributed by atoms with E-state index in [1.165, 1.54) is 12.7 Å². The summed E-state index contributed by atoms with van der Waals surface area (Å²) in [7, 11) is 1.39. The van der Waals surface area contributed by atoms with Crippen molar-refractivity contribution in [3.05, 3.63) is 59.4 Å². The fourth-order valence-electron chi connectivity index (χ4n) is 2.18. The van der Waals surface area contributed by atoms with Crippen LogP contribution in [0.4, 0.5) is 0 Å². The lowest BCUT2D eigenvalue weighted by Crippen LogP contribution is -2.13. The second-order valence-electron chi connectivity index (χ2n) is 5.06. The fourth-order valence-corrected chi connectivity index (χ4v) is 2.18. The first-order chi connectivity index (χ1) is 10.2. The van der Waals surface area contributed by atoms with Crippen LogP contribution in [0, 0.1) is 0 Å². The van der Waals surface area contributed by atoms with E-state index >= 15 is 0 Å². The number of ether oxygens (including phenoxy) is 1. The van der Waals surface area contributed by atoms with Crippen LogP contribution in [0.25, 0.3) is 0 Å². The van der Waals surface area contributed by atoms with Gasteiger partial charge in [0.2, 0.25) is 0 Å². The van der Waals surface area contributed by atoms with Crippen molar-refractivity contribution >= 4 is 5.97 Å². The average molecular weight is 286 g/mol. The molecular formula is C17H22N2O2. The van der Waals surface area contributed by atoms with Crippen LogP contribution in [0.5, 0.6) is 0 Å². The summed E-state index contributed by atoms with van der Waals surface area (Å²) in [4.78, 5) is 11.4. The quantitative estimate of drug-likeness (QED) is 0.629. The number of aromatic nitrogens is 1. The topological polar surface area (TPSA) is 43.3 Å². The minimum absolute atomic E-state index is 0.299. The average Bonchev–Trinajstić information content (AvgIpc) is 2.95. The number of esters is 1.